The van der Waals surface area contributed by atoms with E-state index in [1.165, 1.54) is 11.3 Å². The van der Waals surface area contributed by atoms with Crippen LogP contribution in [0.3, 0.4) is 0 Å². The lowest BCUT2D eigenvalue weighted by Gasteiger charge is -2.01. The third kappa shape index (κ3) is 2.78. The van der Waals surface area contributed by atoms with Crippen LogP contribution in [0.25, 0.3) is 15.0 Å². The molecule has 1 aromatic carbocycles. The molecule has 24 heavy (non-hydrogen) atoms. The van der Waals surface area contributed by atoms with E-state index in [0.29, 0.717) is 31.9 Å². The molecular formula is C15H8Cl3N3OS2. The standard InChI is InChI=1S/C15H8Cl3N3OS2/c16-7-3-9(17)11-10(4-7)24-13(12(11)18)14(22)19-5-8-6-21-1-2-23-15(21)20-8/h1-4,6H,5H2,(H,19,22). The van der Waals surface area contributed by atoms with Gasteiger partial charge in [0.05, 0.1) is 22.3 Å². The fourth-order valence-corrected chi connectivity index (χ4v) is 5.38. The first-order valence-electron chi connectivity index (χ1n) is 6.79. The van der Waals surface area contributed by atoms with Crippen molar-refractivity contribution >= 4 is 78.4 Å². The van der Waals surface area contributed by atoms with Crippen LogP contribution in [0.5, 0.6) is 0 Å². The van der Waals surface area contributed by atoms with E-state index in [0.717, 1.165) is 15.4 Å². The van der Waals surface area contributed by atoms with Crippen molar-refractivity contribution in [1.82, 2.24) is 14.7 Å². The van der Waals surface area contributed by atoms with E-state index in [-0.39, 0.29) is 5.91 Å². The van der Waals surface area contributed by atoms with Gasteiger partial charge in [0.15, 0.2) is 4.96 Å². The van der Waals surface area contributed by atoms with Crippen molar-refractivity contribution in [1.29, 1.82) is 0 Å². The molecule has 0 aliphatic carbocycles. The normalized spacial score (nSPS) is 11.5. The minimum absolute atomic E-state index is 0.259. The van der Waals surface area contributed by atoms with Gasteiger partial charge >= 0.3 is 0 Å². The minimum atomic E-state index is -0.259. The molecule has 0 saturated heterocycles. The largest absolute Gasteiger partial charge is 0.346 e. The molecule has 0 radical (unpaired) electrons. The SMILES string of the molecule is O=C(NCc1cn2ccsc2n1)c1sc2cc(Cl)cc(Cl)c2c1Cl. The van der Waals surface area contributed by atoms with Gasteiger partial charge in [-0.15, -0.1) is 22.7 Å². The Morgan fingerprint density at radius 1 is 1.29 bits per heavy atom. The van der Waals surface area contributed by atoms with E-state index in [1.54, 1.807) is 23.5 Å². The van der Waals surface area contributed by atoms with Crippen molar-refractivity contribution in [2.45, 2.75) is 6.54 Å². The number of hydrogen-bond donors (Lipinski definition) is 1. The second-order valence-electron chi connectivity index (χ2n) is 5.01. The summed E-state index contributed by atoms with van der Waals surface area (Å²) in [6.45, 7) is 0.326. The van der Waals surface area contributed by atoms with Crippen molar-refractivity contribution in [3.63, 3.8) is 0 Å². The maximum Gasteiger partial charge on any atom is 0.263 e. The van der Waals surface area contributed by atoms with Crippen molar-refractivity contribution in [3.05, 3.63) is 55.5 Å². The molecule has 4 aromatic rings. The van der Waals surface area contributed by atoms with Crippen LogP contribution in [0.4, 0.5) is 0 Å². The summed E-state index contributed by atoms with van der Waals surface area (Å²) in [4.78, 5) is 18.2. The molecule has 0 saturated carbocycles. The average molecular weight is 417 g/mol. The Balaban J connectivity index is 1.60. The molecule has 122 valence electrons. The van der Waals surface area contributed by atoms with Crippen molar-refractivity contribution < 1.29 is 4.79 Å². The molecule has 0 fully saturated rings. The summed E-state index contributed by atoms with van der Waals surface area (Å²) >= 11 is 21.3. The lowest BCUT2D eigenvalue weighted by Crippen LogP contribution is -2.22. The Labute approximate surface area is 159 Å². The molecule has 3 heterocycles. The number of rotatable bonds is 3. The maximum atomic E-state index is 12.5. The van der Waals surface area contributed by atoms with Gasteiger partial charge in [-0.25, -0.2) is 4.98 Å². The van der Waals surface area contributed by atoms with Gasteiger partial charge in [-0.3, -0.25) is 9.20 Å². The van der Waals surface area contributed by atoms with Crippen LogP contribution in [0.15, 0.2) is 29.9 Å². The first-order chi connectivity index (χ1) is 11.5. The minimum Gasteiger partial charge on any atom is -0.346 e. The number of nitrogens with one attached hydrogen (secondary N) is 1. The molecule has 1 amide bonds. The molecule has 0 bridgehead atoms. The predicted octanol–water partition coefficient (Wildman–Crippen LogP) is 5.50. The fourth-order valence-electron chi connectivity index (χ4n) is 2.37. The highest BCUT2D eigenvalue weighted by atomic mass is 35.5. The zero-order valence-electron chi connectivity index (χ0n) is 11.8. The molecule has 1 N–H and O–H groups in total. The number of carbonyl (C=O) groups excluding carboxylic acids is 1. The Kier molecular flexibility index (Phi) is 4.18. The van der Waals surface area contributed by atoms with E-state index >= 15 is 0 Å². The molecule has 9 heteroatoms. The highest BCUT2D eigenvalue weighted by molar-refractivity contribution is 7.21. The highest BCUT2D eigenvalue weighted by Gasteiger charge is 2.19. The molecule has 0 aliphatic heterocycles. The third-order valence-corrected chi connectivity index (χ3v) is 6.34. The Hall–Kier alpha value is -1.31. The van der Waals surface area contributed by atoms with E-state index < -0.39 is 0 Å². The van der Waals surface area contributed by atoms with Crippen LogP contribution in [0, 0.1) is 0 Å². The first kappa shape index (κ1) is 16.2. The first-order valence-corrected chi connectivity index (χ1v) is 9.62. The van der Waals surface area contributed by atoms with E-state index in [9.17, 15) is 4.79 Å². The molecule has 4 rings (SSSR count). The van der Waals surface area contributed by atoms with Crippen LogP contribution in [-0.2, 0) is 6.54 Å². The number of halogens is 3. The average Bonchev–Trinajstić information content (AvgIpc) is 3.17. The molecule has 0 unspecified atom stereocenters. The van der Waals surface area contributed by atoms with E-state index in [2.05, 4.69) is 10.3 Å². The summed E-state index contributed by atoms with van der Waals surface area (Å²) in [5, 5.41) is 6.74. The zero-order valence-corrected chi connectivity index (χ0v) is 15.7. The smallest absolute Gasteiger partial charge is 0.263 e. The van der Waals surface area contributed by atoms with Crippen LogP contribution >= 0.6 is 57.5 Å². The summed E-state index contributed by atoms with van der Waals surface area (Å²) < 4.78 is 2.70. The molecule has 0 spiro atoms. The monoisotopic (exact) mass is 415 g/mol. The van der Waals surface area contributed by atoms with Crippen LogP contribution in [0.2, 0.25) is 15.1 Å². The topological polar surface area (TPSA) is 46.4 Å². The molecular weight excluding hydrogens is 409 g/mol. The number of hydrogen-bond acceptors (Lipinski definition) is 4. The van der Waals surface area contributed by atoms with Crippen molar-refractivity contribution in [3.8, 4) is 0 Å². The zero-order chi connectivity index (χ0) is 16.8. The van der Waals surface area contributed by atoms with E-state index in [1.807, 2.05) is 22.2 Å². The number of fused-ring (bicyclic) bond motifs is 2. The second-order valence-corrected chi connectivity index (χ2v) is 8.16. The number of carbonyl (C=O) groups is 1. The Bertz CT molecular complexity index is 1050. The quantitative estimate of drug-likeness (QED) is 0.479. The van der Waals surface area contributed by atoms with Gasteiger partial charge in [-0.05, 0) is 12.1 Å². The van der Waals surface area contributed by atoms with Gasteiger partial charge in [0.25, 0.3) is 5.91 Å². The summed E-state index contributed by atoms with van der Waals surface area (Å²) in [5.74, 6) is -0.259. The van der Waals surface area contributed by atoms with Crippen LogP contribution in [0.1, 0.15) is 15.4 Å². The lowest BCUT2D eigenvalue weighted by molar-refractivity contribution is 0.0954. The van der Waals surface area contributed by atoms with E-state index in [4.69, 9.17) is 34.8 Å². The van der Waals surface area contributed by atoms with Gasteiger partial charge in [0, 0.05) is 32.9 Å². The van der Waals surface area contributed by atoms with Crippen LogP contribution in [-0.4, -0.2) is 15.3 Å². The number of amides is 1. The van der Waals surface area contributed by atoms with Crippen molar-refractivity contribution in [2.24, 2.45) is 0 Å². The summed E-state index contributed by atoms with van der Waals surface area (Å²) in [6, 6.07) is 3.36. The third-order valence-electron chi connectivity index (χ3n) is 3.43. The summed E-state index contributed by atoms with van der Waals surface area (Å²) in [5.41, 5.74) is 0.786. The Morgan fingerprint density at radius 3 is 2.92 bits per heavy atom. The number of benzene rings is 1. The summed E-state index contributed by atoms with van der Waals surface area (Å²) in [6.07, 6.45) is 3.81. The summed E-state index contributed by atoms with van der Waals surface area (Å²) in [7, 11) is 0. The van der Waals surface area contributed by atoms with Crippen LogP contribution < -0.4 is 5.32 Å². The van der Waals surface area contributed by atoms with Gasteiger partial charge in [0.2, 0.25) is 0 Å². The number of aromatic nitrogens is 2. The van der Waals surface area contributed by atoms with Gasteiger partial charge in [0.1, 0.15) is 4.88 Å². The van der Waals surface area contributed by atoms with Gasteiger partial charge in [-0.1, -0.05) is 34.8 Å². The molecule has 0 atom stereocenters. The number of thiazole rings is 1. The molecule has 4 nitrogen and oxygen atoms in total. The highest BCUT2D eigenvalue weighted by Crippen LogP contribution is 2.41. The fraction of sp³-hybridized carbons (Fsp3) is 0.0667. The number of nitrogens with zero attached hydrogens (tertiary/aromatic N) is 2. The van der Waals surface area contributed by atoms with Crippen molar-refractivity contribution in [2.75, 3.05) is 0 Å². The molecule has 3 aromatic heterocycles. The molecule has 0 aliphatic rings. The maximum absolute atomic E-state index is 12.5. The predicted molar refractivity (Wildman–Crippen MR) is 101 cm³/mol. The second kappa shape index (κ2) is 6.20. The van der Waals surface area contributed by atoms with Gasteiger partial charge in [-0.2, -0.15) is 0 Å². The number of thiophene rings is 1. The Morgan fingerprint density at radius 2 is 2.12 bits per heavy atom. The van der Waals surface area contributed by atoms with Gasteiger partial charge < -0.3 is 5.32 Å². The lowest BCUT2D eigenvalue weighted by atomic mass is 10.2. The number of imidazole rings is 1.